The number of benzene rings is 2. The summed E-state index contributed by atoms with van der Waals surface area (Å²) in [6.45, 7) is 4.65. The molecule has 0 saturated carbocycles. The van der Waals surface area contributed by atoms with Gasteiger partial charge in [0.05, 0.1) is 18.8 Å². The molecular formula is C24H28N2O6S. The minimum absolute atomic E-state index is 0.0734. The van der Waals surface area contributed by atoms with Crippen LogP contribution < -0.4 is 4.74 Å². The van der Waals surface area contributed by atoms with Crippen molar-refractivity contribution in [2.24, 2.45) is 0 Å². The first-order valence-corrected chi connectivity index (χ1v) is 12.4. The van der Waals surface area contributed by atoms with Gasteiger partial charge in [0, 0.05) is 31.3 Å². The molecule has 2 heterocycles. The van der Waals surface area contributed by atoms with Crippen molar-refractivity contribution in [1.82, 2.24) is 9.21 Å². The van der Waals surface area contributed by atoms with Crippen molar-refractivity contribution >= 4 is 21.8 Å². The Kier molecular flexibility index (Phi) is 6.45. The Hall–Kier alpha value is -2.91. The van der Waals surface area contributed by atoms with Gasteiger partial charge < -0.3 is 14.4 Å². The van der Waals surface area contributed by atoms with Crippen molar-refractivity contribution in [2.45, 2.75) is 50.3 Å². The molecule has 1 saturated heterocycles. The second-order valence-electron chi connectivity index (χ2n) is 8.58. The molecule has 1 atom stereocenters. The molecule has 33 heavy (non-hydrogen) atoms. The normalized spacial score (nSPS) is 19.1. The smallest absolute Gasteiger partial charge is 0.269 e. The fourth-order valence-corrected chi connectivity index (χ4v) is 6.11. The Balaban J connectivity index is 1.66. The monoisotopic (exact) mass is 472 g/mol. The first kappa shape index (κ1) is 23.3. The second kappa shape index (κ2) is 9.15. The third-order valence-corrected chi connectivity index (χ3v) is 7.91. The summed E-state index contributed by atoms with van der Waals surface area (Å²) in [5.41, 5.74) is 1.20. The molecule has 0 radical (unpaired) electrons. The highest BCUT2D eigenvalue weighted by molar-refractivity contribution is 7.90. The van der Waals surface area contributed by atoms with E-state index in [1.165, 1.54) is 18.2 Å². The average Bonchev–Trinajstić information content (AvgIpc) is 3.37. The summed E-state index contributed by atoms with van der Waals surface area (Å²) in [7, 11) is -2.41. The number of fused-ring (bicyclic) bond motifs is 1. The van der Waals surface area contributed by atoms with Gasteiger partial charge in [-0.25, -0.2) is 12.7 Å². The van der Waals surface area contributed by atoms with Gasteiger partial charge in [0.25, 0.3) is 21.8 Å². The van der Waals surface area contributed by atoms with Crippen LogP contribution in [0.15, 0.2) is 47.4 Å². The van der Waals surface area contributed by atoms with Crippen molar-refractivity contribution in [1.29, 1.82) is 0 Å². The molecule has 2 aromatic carbocycles. The van der Waals surface area contributed by atoms with Gasteiger partial charge >= 0.3 is 0 Å². The lowest BCUT2D eigenvalue weighted by atomic mass is 10.1. The Bertz CT molecular complexity index is 1170. The molecule has 1 unspecified atom stereocenters. The number of hydrogen-bond donors (Lipinski definition) is 0. The Morgan fingerprint density at radius 2 is 2.03 bits per heavy atom. The molecule has 2 aliphatic heterocycles. The van der Waals surface area contributed by atoms with E-state index < -0.39 is 22.0 Å². The van der Waals surface area contributed by atoms with Crippen LogP contribution >= 0.6 is 0 Å². The molecule has 2 aromatic rings. The van der Waals surface area contributed by atoms with Gasteiger partial charge in [-0.05, 0) is 62.6 Å². The van der Waals surface area contributed by atoms with Gasteiger partial charge in [-0.1, -0.05) is 12.1 Å². The lowest BCUT2D eigenvalue weighted by Crippen LogP contribution is -2.37. The summed E-state index contributed by atoms with van der Waals surface area (Å²) in [6.07, 6.45) is 1.73. The predicted octanol–water partition coefficient (Wildman–Crippen LogP) is 3.07. The summed E-state index contributed by atoms with van der Waals surface area (Å²) in [5.74, 6) is -0.193. The highest BCUT2D eigenvalue weighted by Crippen LogP contribution is 2.33. The van der Waals surface area contributed by atoms with Crippen molar-refractivity contribution < 1.29 is 27.5 Å². The van der Waals surface area contributed by atoms with E-state index in [-0.39, 0.29) is 28.0 Å². The first-order valence-electron chi connectivity index (χ1n) is 11.0. The van der Waals surface area contributed by atoms with Crippen molar-refractivity contribution in [3.63, 3.8) is 0 Å². The van der Waals surface area contributed by atoms with E-state index >= 15 is 0 Å². The van der Waals surface area contributed by atoms with Gasteiger partial charge in [-0.3, -0.25) is 9.59 Å². The molecule has 176 valence electrons. The van der Waals surface area contributed by atoms with Crippen LogP contribution in [-0.4, -0.2) is 61.8 Å². The van der Waals surface area contributed by atoms with Crippen LogP contribution in [0, 0.1) is 0 Å². The summed E-state index contributed by atoms with van der Waals surface area (Å²) < 4.78 is 37.8. The zero-order chi connectivity index (χ0) is 23.8. The summed E-state index contributed by atoms with van der Waals surface area (Å²) in [6, 6.07) is 11.2. The van der Waals surface area contributed by atoms with Crippen LogP contribution in [0.25, 0.3) is 0 Å². The van der Waals surface area contributed by atoms with Gasteiger partial charge in [-0.15, -0.1) is 0 Å². The fraction of sp³-hybridized carbons (Fsp3) is 0.417. The molecule has 1 fully saturated rings. The zero-order valence-corrected chi connectivity index (χ0v) is 19.8. The number of sulfonamides is 1. The van der Waals surface area contributed by atoms with Crippen molar-refractivity contribution in [3.05, 3.63) is 59.2 Å². The highest BCUT2D eigenvalue weighted by atomic mass is 32.2. The van der Waals surface area contributed by atoms with E-state index in [1.807, 2.05) is 24.3 Å². The molecule has 8 nitrogen and oxygen atoms in total. The van der Waals surface area contributed by atoms with Crippen LogP contribution in [0.4, 0.5) is 0 Å². The largest absolute Gasteiger partial charge is 0.497 e. The fourth-order valence-electron chi connectivity index (χ4n) is 4.32. The molecule has 9 heteroatoms. The Labute approximate surface area is 194 Å². The van der Waals surface area contributed by atoms with Crippen LogP contribution in [0.2, 0.25) is 0 Å². The number of hydrogen-bond acceptors (Lipinski definition) is 6. The number of carbonyl (C=O) groups excluding carboxylic acids is 2. The van der Waals surface area contributed by atoms with E-state index in [0.717, 1.165) is 22.7 Å². The molecule has 0 aliphatic carbocycles. The van der Waals surface area contributed by atoms with Gasteiger partial charge in [-0.2, -0.15) is 0 Å². The molecule has 2 amide bonds. The predicted molar refractivity (Wildman–Crippen MR) is 122 cm³/mol. The second-order valence-corrected chi connectivity index (χ2v) is 10.4. The summed E-state index contributed by atoms with van der Waals surface area (Å²) in [4.78, 5) is 27.7. The average molecular weight is 473 g/mol. The molecule has 0 aromatic heterocycles. The minimum Gasteiger partial charge on any atom is -0.497 e. The summed E-state index contributed by atoms with van der Waals surface area (Å²) in [5, 5.41) is 0. The third-order valence-electron chi connectivity index (χ3n) is 5.91. The van der Waals surface area contributed by atoms with Gasteiger partial charge in [0.2, 0.25) is 0 Å². The summed E-state index contributed by atoms with van der Waals surface area (Å²) >= 11 is 0. The maximum Gasteiger partial charge on any atom is 0.269 e. The lowest BCUT2D eigenvalue weighted by molar-refractivity contribution is 0.0507. The third kappa shape index (κ3) is 4.47. The topological polar surface area (TPSA) is 93.2 Å². The van der Waals surface area contributed by atoms with E-state index in [1.54, 1.807) is 25.9 Å². The van der Waals surface area contributed by atoms with E-state index in [2.05, 4.69) is 0 Å². The number of carbonyl (C=O) groups is 2. The maximum absolute atomic E-state index is 13.5. The Morgan fingerprint density at radius 1 is 1.24 bits per heavy atom. The van der Waals surface area contributed by atoms with E-state index in [9.17, 15) is 18.0 Å². The van der Waals surface area contributed by atoms with Crippen LogP contribution in [0.5, 0.6) is 5.75 Å². The molecule has 2 aliphatic rings. The minimum atomic E-state index is -3.99. The maximum atomic E-state index is 13.5. The number of amides is 2. The standard InChI is InChI=1S/C24H28N2O6S/c1-16(2)26-24(28)21-10-9-18(13-22(21)33(26,29)30)23(27)25(15-20-8-5-11-32-20)14-17-6-4-7-19(12-17)31-3/h4,6-7,9-10,12-13,16,20H,5,8,11,14-15H2,1-3H3. The SMILES string of the molecule is COc1cccc(CN(CC2CCCO2)C(=O)c2ccc3c(c2)S(=O)(=O)N(C(C)C)C3=O)c1. The van der Waals surface area contributed by atoms with Gasteiger partial charge in [0.1, 0.15) is 10.6 Å². The van der Waals surface area contributed by atoms with Crippen LogP contribution in [0.1, 0.15) is 53.0 Å². The quantitative estimate of drug-likeness (QED) is 0.615. The molecule has 0 spiro atoms. The number of rotatable bonds is 7. The van der Waals surface area contributed by atoms with E-state index in [0.29, 0.717) is 25.4 Å². The van der Waals surface area contributed by atoms with E-state index in [4.69, 9.17) is 9.47 Å². The Morgan fingerprint density at radius 3 is 2.70 bits per heavy atom. The van der Waals surface area contributed by atoms with Gasteiger partial charge in [0.15, 0.2) is 0 Å². The number of nitrogens with zero attached hydrogens (tertiary/aromatic N) is 2. The van der Waals surface area contributed by atoms with Crippen LogP contribution in [0.3, 0.4) is 0 Å². The zero-order valence-electron chi connectivity index (χ0n) is 19.0. The molecule has 0 N–H and O–H groups in total. The molecular weight excluding hydrogens is 444 g/mol. The first-order chi connectivity index (χ1) is 15.7. The highest BCUT2D eigenvalue weighted by Gasteiger charge is 2.43. The lowest BCUT2D eigenvalue weighted by Gasteiger charge is -2.26. The molecule has 4 rings (SSSR count). The van der Waals surface area contributed by atoms with Crippen LogP contribution in [-0.2, 0) is 21.3 Å². The number of ether oxygens (including phenoxy) is 2. The molecule has 0 bridgehead atoms. The van der Waals surface area contributed by atoms with Crippen molar-refractivity contribution in [3.8, 4) is 5.75 Å². The number of methoxy groups -OCH3 is 1. The van der Waals surface area contributed by atoms with Crippen molar-refractivity contribution in [2.75, 3.05) is 20.3 Å².